The Morgan fingerprint density at radius 1 is 0.838 bits per heavy atom. The number of carbonyl (C=O) groups is 2. The van der Waals surface area contributed by atoms with Gasteiger partial charge in [-0.1, -0.05) is 48.5 Å². The van der Waals surface area contributed by atoms with E-state index in [4.69, 9.17) is 9.47 Å². The molecule has 7 nitrogen and oxygen atoms in total. The van der Waals surface area contributed by atoms with Gasteiger partial charge in [-0.05, 0) is 75.6 Å². The minimum absolute atomic E-state index is 0.00895. The Morgan fingerprint density at radius 2 is 1.46 bits per heavy atom. The van der Waals surface area contributed by atoms with Crippen molar-refractivity contribution in [2.24, 2.45) is 0 Å². The number of benzene rings is 3. The van der Waals surface area contributed by atoms with Gasteiger partial charge < -0.3 is 14.4 Å². The molecule has 8 heteroatoms. The number of esters is 1. The van der Waals surface area contributed by atoms with Crippen molar-refractivity contribution < 1.29 is 27.5 Å². The Labute approximate surface area is 218 Å². The standard InChI is InChI=1S/C29H33NO6S/c1-5-35-27(31)24-14-10-16-26(20-24)37(33,34)25-15-9-13-22(19-25)17-18-30(28(32)36-29(2,3)4)21-23-11-7-6-8-12-23/h6-16,19-20H,5,17-18,21H2,1-4H3. The molecule has 3 aromatic carbocycles. The molecule has 0 aliphatic carbocycles. The Hall–Kier alpha value is -3.65. The van der Waals surface area contributed by atoms with E-state index in [0.717, 1.165) is 11.1 Å². The first-order valence-electron chi connectivity index (χ1n) is 12.1. The highest BCUT2D eigenvalue weighted by Gasteiger charge is 2.23. The zero-order valence-corrected chi connectivity index (χ0v) is 22.5. The van der Waals surface area contributed by atoms with Crippen molar-refractivity contribution in [2.75, 3.05) is 13.2 Å². The van der Waals surface area contributed by atoms with Crippen LogP contribution in [0.1, 0.15) is 49.2 Å². The number of amides is 1. The lowest BCUT2D eigenvalue weighted by Crippen LogP contribution is -2.37. The van der Waals surface area contributed by atoms with Crippen LogP contribution in [0.25, 0.3) is 0 Å². The summed E-state index contributed by atoms with van der Waals surface area (Å²) in [5, 5.41) is 0. The van der Waals surface area contributed by atoms with Gasteiger partial charge in [0.15, 0.2) is 0 Å². The number of rotatable bonds is 9. The van der Waals surface area contributed by atoms with Crippen LogP contribution in [0.2, 0.25) is 0 Å². The first-order chi connectivity index (χ1) is 17.5. The predicted octanol–water partition coefficient (Wildman–Crippen LogP) is 5.68. The molecule has 0 saturated heterocycles. The van der Waals surface area contributed by atoms with E-state index in [9.17, 15) is 18.0 Å². The molecule has 0 unspecified atom stereocenters. The second kappa shape index (κ2) is 12.1. The van der Waals surface area contributed by atoms with Crippen molar-refractivity contribution in [1.29, 1.82) is 0 Å². The van der Waals surface area contributed by atoms with E-state index in [1.54, 1.807) is 24.0 Å². The number of hydrogen-bond acceptors (Lipinski definition) is 6. The van der Waals surface area contributed by atoms with E-state index in [-0.39, 0.29) is 22.0 Å². The lowest BCUT2D eigenvalue weighted by Gasteiger charge is -2.27. The molecule has 0 N–H and O–H groups in total. The maximum Gasteiger partial charge on any atom is 0.410 e. The van der Waals surface area contributed by atoms with Gasteiger partial charge in [0.05, 0.1) is 22.0 Å². The minimum Gasteiger partial charge on any atom is -0.462 e. The van der Waals surface area contributed by atoms with Gasteiger partial charge >= 0.3 is 12.1 Å². The lowest BCUT2D eigenvalue weighted by molar-refractivity contribution is 0.0235. The molecule has 0 aliphatic rings. The van der Waals surface area contributed by atoms with E-state index in [0.29, 0.717) is 19.5 Å². The quantitative estimate of drug-likeness (QED) is 0.336. The van der Waals surface area contributed by atoms with Crippen LogP contribution in [0.5, 0.6) is 0 Å². The van der Waals surface area contributed by atoms with Gasteiger partial charge in [-0.2, -0.15) is 0 Å². The lowest BCUT2D eigenvalue weighted by atomic mass is 10.1. The molecule has 0 aliphatic heterocycles. The van der Waals surface area contributed by atoms with Crippen LogP contribution >= 0.6 is 0 Å². The summed E-state index contributed by atoms with van der Waals surface area (Å²) in [4.78, 5) is 26.7. The minimum atomic E-state index is -3.87. The van der Waals surface area contributed by atoms with Gasteiger partial charge in [0, 0.05) is 13.1 Å². The molecule has 3 aromatic rings. The number of ether oxygens (including phenoxy) is 2. The maximum atomic E-state index is 13.3. The fourth-order valence-corrected chi connectivity index (χ4v) is 5.01. The van der Waals surface area contributed by atoms with Crippen molar-refractivity contribution in [3.8, 4) is 0 Å². The van der Waals surface area contributed by atoms with Crippen LogP contribution in [-0.2, 0) is 32.3 Å². The van der Waals surface area contributed by atoms with Gasteiger partial charge in [0.1, 0.15) is 5.60 Å². The van der Waals surface area contributed by atoms with Gasteiger partial charge in [0.25, 0.3) is 0 Å². The molecule has 1 amide bonds. The second-order valence-electron chi connectivity index (χ2n) is 9.54. The summed E-state index contributed by atoms with van der Waals surface area (Å²) < 4.78 is 37.2. The van der Waals surface area contributed by atoms with E-state index in [2.05, 4.69) is 0 Å². The summed E-state index contributed by atoms with van der Waals surface area (Å²) in [7, 11) is -3.87. The number of nitrogens with zero attached hydrogens (tertiary/aromatic N) is 1. The molecule has 0 atom stereocenters. The molecule has 0 saturated carbocycles. The summed E-state index contributed by atoms with van der Waals surface area (Å²) in [6.45, 7) is 8.04. The Balaban J connectivity index is 1.81. The Morgan fingerprint density at radius 3 is 2.11 bits per heavy atom. The smallest absolute Gasteiger partial charge is 0.410 e. The third-order valence-corrected chi connectivity index (χ3v) is 7.15. The first-order valence-corrected chi connectivity index (χ1v) is 13.6. The van der Waals surface area contributed by atoms with E-state index < -0.39 is 27.5 Å². The van der Waals surface area contributed by atoms with Crippen LogP contribution < -0.4 is 0 Å². The van der Waals surface area contributed by atoms with E-state index >= 15 is 0 Å². The Kier molecular flexibility index (Phi) is 9.10. The van der Waals surface area contributed by atoms with Crippen LogP contribution in [0.3, 0.4) is 0 Å². The summed E-state index contributed by atoms with van der Waals surface area (Å²) in [5.74, 6) is -0.575. The van der Waals surface area contributed by atoms with Crippen molar-refractivity contribution in [3.05, 3.63) is 95.6 Å². The molecular weight excluding hydrogens is 490 g/mol. The third kappa shape index (κ3) is 7.92. The molecule has 0 fully saturated rings. The normalized spacial score (nSPS) is 11.6. The first kappa shape index (κ1) is 27.9. The van der Waals surface area contributed by atoms with Gasteiger partial charge in [-0.25, -0.2) is 18.0 Å². The number of sulfone groups is 1. The largest absolute Gasteiger partial charge is 0.462 e. The molecule has 37 heavy (non-hydrogen) atoms. The molecule has 0 heterocycles. The number of carbonyl (C=O) groups excluding carboxylic acids is 2. The molecule has 0 aromatic heterocycles. The van der Waals surface area contributed by atoms with Gasteiger partial charge in [-0.15, -0.1) is 0 Å². The molecule has 3 rings (SSSR count). The highest BCUT2D eigenvalue weighted by Crippen LogP contribution is 2.23. The van der Waals surface area contributed by atoms with Crippen LogP contribution in [0.15, 0.2) is 88.7 Å². The van der Waals surface area contributed by atoms with Gasteiger partial charge in [0.2, 0.25) is 9.84 Å². The summed E-state index contributed by atoms with van der Waals surface area (Å²) in [5.41, 5.74) is 1.25. The molecule has 0 bridgehead atoms. The molecule has 196 valence electrons. The topological polar surface area (TPSA) is 90.0 Å². The van der Waals surface area contributed by atoms with Crippen LogP contribution in [0, 0.1) is 0 Å². The Bertz CT molecular complexity index is 1330. The van der Waals surface area contributed by atoms with Crippen LogP contribution in [0.4, 0.5) is 4.79 Å². The highest BCUT2D eigenvalue weighted by atomic mass is 32.2. The molecular formula is C29H33NO6S. The van der Waals surface area contributed by atoms with E-state index in [1.165, 1.54) is 30.3 Å². The second-order valence-corrected chi connectivity index (χ2v) is 11.5. The fourth-order valence-electron chi connectivity index (χ4n) is 3.64. The predicted molar refractivity (Wildman–Crippen MR) is 141 cm³/mol. The maximum absolute atomic E-state index is 13.3. The summed E-state index contributed by atoms with van der Waals surface area (Å²) in [6, 6.07) is 22.0. The fraction of sp³-hybridized carbons (Fsp3) is 0.310. The average molecular weight is 524 g/mol. The van der Waals surface area contributed by atoms with Crippen molar-refractivity contribution >= 4 is 21.9 Å². The third-order valence-electron chi connectivity index (χ3n) is 5.40. The zero-order chi connectivity index (χ0) is 27.1. The monoisotopic (exact) mass is 523 g/mol. The molecule has 0 radical (unpaired) electrons. The summed E-state index contributed by atoms with van der Waals surface area (Å²) >= 11 is 0. The van der Waals surface area contributed by atoms with E-state index in [1.807, 2.05) is 57.2 Å². The van der Waals surface area contributed by atoms with Gasteiger partial charge in [-0.3, -0.25) is 0 Å². The highest BCUT2D eigenvalue weighted by molar-refractivity contribution is 7.91. The SMILES string of the molecule is CCOC(=O)c1cccc(S(=O)(=O)c2cccc(CCN(Cc3ccccc3)C(=O)OC(C)(C)C)c2)c1. The summed E-state index contributed by atoms with van der Waals surface area (Å²) in [6.07, 6.45) is -0.00547. The van der Waals surface area contributed by atoms with Crippen molar-refractivity contribution in [1.82, 2.24) is 4.90 Å². The molecule has 0 spiro atoms. The number of hydrogen-bond donors (Lipinski definition) is 0. The van der Waals surface area contributed by atoms with Crippen molar-refractivity contribution in [3.63, 3.8) is 0 Å². The van der Waals surface area contributed by atoms with Crippen molar-refractivity contribution in [2.45, 2.75) is 56.1 Å². The average Bonchev–Trinajstić information content (AvgIpc) is 2.86. The zero-order valence-electron chi connectivity index (χ0n) is 21.6. The van der Waals surface area contributed by atoms with Crippen LogP contribution in [-0.4, -0.2) is 44.1 Å².